The van der Waals surface area contributed by atoms with Gasteiger partial charge in [0.25, 0.3) is 5.91 Å². The van der Waals surface area contributed by atoms with Crippen molar-refractivity contribution < 1.29 is 22.7 Å². The summed E-state index contributed by atoms with van der Waals surface area (Å²) < 4.78 is 41.1. The number of amides is 1. The maximum Gasteiger partial charge on any atom is 0.422 e. The lowest BCUT2D eigenvalue weighted by Crippen LogP contribution is -2.37. The Morgan fingerprint density at radius 1 is 1.48 bits per heavy atom. The Labute approximate surface area is 154 Å². The molecule has 148 valence electrons. The molecule has 0 saturated carbocycles. The van der Waals surface area contributed by atoms with E-state index < -0.39 is 18.8 Å². The fourth-order valence-electron chi connectivity index (χ4n) is 2.67. The number of carbonyl (C=O) groups is 1. The fraction of sp³-hybridized carbons (Fsp3) is 0.412. The molecule has 1 atom stereocenters. The third-order valence-corrected chi connectivity index (χ3v) is 4.23. The number of carbonyl (C=O) groups excluding carboxylic acids is 1. The number of ether oxygens (including phenoxy) is 1. The Balaban J connectivity index is 2.16. The number of hydrogen-bond acceptors (Lipinski definition) is 6. The molecule has 10 heteroatoms. The third-order valence-electron chi connectivity index (χ3n) is 4.23. The summed E-state index contributed by atoms with van der Waals surface area (Å²) in [7, 11) is 1.71. The SMILES string of the molecule is CNc1nccc2c1CN(C(C)/C(N)=C/C(C)=C(\N)OCC(F)(F)F)C2=O. The van der Waals surface area contributed by atoms with Crippen molar-refractivity contribution in [3.05, 3.63) is 46.6 Å². The van der Waals surface area contributed by atoms with E-state index in [-0.39, 0.29) is 23.1 Å². The van der Waals surface area contributed by atoms with Gasteiger partial charge >= 0.3 is 6.18 Å². The molecule has 2 rings (SSSR count). The molecule has 0 aromatic carbocycles. The van der Waals surface area contributed by atoms with E-state index in [0.29, 0.717) is 17.9 Å². The molecule has 1 aromatic rings. The molecule has 0 saturated heterocycles. The Bertz CT molecular complexity index is 789. The number of fused-ring (bicyclic) bond motifs is 1. The van der Waals surface area contributed by atoms with E-state index in [4.69, 9.17) is 11.5 Å². The Kier molecular flexibility index (Phi) is 5.87. The standard InChI is InChI=1S/C17H22F3N5O2/c1-9(14(22)27-8-17(18,19)20)6-13(21)10(2)25-7-12-11(16(25)26)4-5-24-15(12)23-3/h4-6,10H,7-8,21-22H2,1-3H3,(H,23,24)/b13-6-,14-9+. The number of allylic oxidation sites excluding steroid dienone is 2. The van der Waals surface area contributed by atoms with E-state index in [1.165, 1.54) is 13.0 Å². The summed E-state index contributed by atoms with van der Waals surface area (Å²) in [6, 6.07) is 1.14. The predicted octanol–water partition coefficient (Wildman–Crippen LogP) is 2.08. The van der Waals surface area contributed by atoms with Crippen molar-refractivity contribution in [3.63, 3.8) is 0 Å². The van der Waals surface area contributed by atoms with Crippen LogP contribution in [0.25, 0.3) is 0 Å². The summed E-state index contributed by atoms with van der Waals surface area (Å²) >= 11 is 0. The van der Waals surface area contributed by atoms with Crippen LogP contribution in [0.5, 0.6) is 0 Å². The first-order chi connectivity index (χ1) is 12.5. The number of rotatable bonds is 6. The number of anilines is 1. The molecular weight excluding hydrogens is 363 g/mol. The van der Waals surface area contributed by atoms with Crippen LogP contribution < -0.4 is 16.8 Å². The van der Waals surface area contributed by atoms with E-state index in [2.05, 4.69) is 15.0 Å². The highest BCUT2D eigenvalue weighted by atomic mass is 19.4. The van der Waals surface area contributed by atoms with Crippen molar-refractivity contribution in [2.45, 2.75) is 32.6 Å². The van der Waals surface area contributed by atoms with E-state index >= 15 is 0 Å². The Morgan fingerprint density at radius 3 is 2.74 bits per heavy atom. The molecule has 1 aliphatic heterocycles. The lowest BCUT2D eigenvalue weighted by Gasteiger charge is -2.25. The summed E-state index contributed by atoms with van der Waals surface area (Å²) in [5.74, 6) is 0.0369. The molecule has 0 fully saturated rings. The van der Waals surface area contributed by atoms with E-state index in [1.54, 1.807) is 31.1 Å². The molecule has 1 unspecified atom stereocenters. The van der Waals surface area contributed by atoms with Gasteiger partial charge in [-0.2, -0.15) is 13.2 Å². The topological polar surface area (TPSA) is 106 Å². The molecule has 0 bridgehead atoms. The first-order valence-electron chi connectivity index (χ1n) is 8.14. The number of nitrogens with one attached hydrogen (secondary N) is 1. The second kappa shape index (κ2) is 7.77. The van der Waals surface area contributed by atoms with E-state index in [1.807, 2.05) is 0 Å². The number of aromatic nitrogens is 1. The maximum atomic E-state index is 12.6. The van der Waals surface area contributed by atoms with Crippen LogP contribution in [0, 0.1) is 0 Å². The van der Waals surface area contributed by atoms with Gasteiger partial charge in [-0.1, -0.05) is 0 Å². The highest BCUT2D eigenvalue weighted by Crippen LogP contribution is 2.30. The summed E-state index contributed by atoms with van der Waals surface area (Å²) in [5, 5.41) is 2.94. The molecule has 0 spiro atoms. The average molecular weight is 385 g/mol. The van der Waals surface area contributed by atoms with Gasteiger partial charge in [-0.25, -0.2) is 4.98 Å². The van der Waals surface area contributed by atoms with Crippen molar-refractivity contribution in [2.24, 2.45) is 11.5 Å². The minimum absolute atomic E-state index is 0.198. The molecule has 1 aromatic heterocycles. The van der Waals surface area contributed by atoms with Crippen LogP contribution in [-0.4, -0.2) is 41.7 Å². The van der Waals surface area contributed by atoms with Gasteiger partial charge in [0, 0.05) is 35.6 Å². The molecule has 5 N–H and O–H groups in total. The Morgan fingerprint density at radius 2 is 2.15 bits per heavy atom. The zero-order chi connectivity index (χ0) is 20.4. The summed E-state index contributed by atoms with van der Waals surface area (Å²) in [6.07, 6.45) is -1.54. The van der Waals surface area contributed by atoms with Crippen LogP contribution >= 0.6 is 0 Å². The van der Waals surface area contributed by atoms with Crippen molar-refractivity contribution in [1.29, 1.82) is 0 Å². The van der Waals surface area contributed by atoms with Crippen LogP contribution in [0.1, 0.15) is 29.8 Å². The lowest BCUT2D eigenvalue weighted by atomic mass is 10.1. The van der Waals surface area contributed by atoms with Crippen LogP contribution in [0.2, 0.25) is 0 Å². The van der Waals surface area contributed by atoms with Crippen LogP contribution in [0.4, 0.5) is 19.0 Å². The number of halogens is 3. The molecule has 27 heavy (non-hydrogen) atoms. The van der Waals surface area contributed by atoms with Gasteiger partial charge in [-0.05, 0) is 26.0 Å². The molecule has 0 radical (unpaired) electrons. The summed E-state index contributed by atoms with van der Waals surface area (Å²) in [4.78, 5) is 18.4. The largest absolute Gasteiger partial charge is 0.470 e. The van der Waals surface area contributed by atoms with Gasteiger partial charge in [0.1, 0.15) is 5.82 Å². The quantitative estimate of drug-likeness (QED) is 0.511. The normalized spacial score (nSPS) is 16.7. The average Bonchev–Trinajstić information content (AvgIpc) is 2.95. The second-order valence-corrected chi connectivity index (χ2v) is 6.14. The molecular formula is C17H22F3N5O2. The maximum absolute atomic E-state index is 12.6. The smallest absolute Gasteiger partial charge is 0.422 e. The van der Waals surface area contributed by atoms with Gasteiger partial charge in [-0.15, -0.1) is 0 Å². The van der Waals surface area contributed by atoms with Crippen molar-refractivity contribution in [2.75, 3.05) is 19.0 Å². The van der Waals surface area contributed by atoms with Crippen molar-refractivity contribution >= 4 is 11.7 Å². The summed E-state index contributed by atoms with van der Waals surface area (Å²) in [6.45, 7) is 2.03. The zero-order valence-electron chi connectivity index (χ0n) is 15.2. The predicted molar refractivity (Wildman–Crippen MR) is 94.3 cm³/mol. The number of hydrogen-bond donors (Lipinski definition) is 3. The number of alkyl halides is 3. The molecule has 7 nitrogen and oxygen atoms in total. The molecule has 1 aliphatic rings. The highest BCUT2D eigenvalue weighted by Gasteiger charge is 2.33. The lowest BCUT2D eigenvalue weighted by molar-refractivity contribution is -0.165. The van der Waals surface area contributed by atoms with Gasteiger partial charge in [0.15, 0.2) is 12.5 Å². The van der Waals surface area contributed by atoms with Crippen molar-refractivity contribution in [3.8, 4) is 0 Å². The van der Waals surface area contributed by atoms with Gasteiger partial charge < -0.3 is 26.4 Å². The third kappa shape index (κ3) is 4.63. The molecule has 0 aliphatic carbocycles. The number of nitrogens with zero attached hydrogens (tertiary/aromatic N) is 2. The Hall–Kier alpha value is -2.91. The summed E-state index contributed by atoms with van der Waals surface area (Å²) in [5.41, 5.74) is 13.4. The number of pyridine rings is 1. The van der Waals surface area contributed by atoms with E-state index in [9.17, 15) is 18.0 Å². The first kappa shape index (κ1) is 20.4. The molecule has 1 amide bonds. The highest BCUT2D eigenvalue weighted by molar-refractivity contribution is 6.00. The second-order valence-electron chi connectivity index (χ2n) is 6.14. The monoisotopic (exact) mass is 385 g/mol. The van der Waals surface area contributed by atoms with Crippen LogP contribution in [-0.2, 0) is 11.3 Å². The fourth-order valence-corrected chi connectivity index (χ4v) is 2.67. The molecule has 2 heterocycles. The van der Waals surface area contributed by atoms with Gasteiger partial charge in [0.05, 0.1) is 12.6 Å². The van der Waals surface area contributed by atoms with E-state index in [0.717, 1.165) is 5.56 Å². The minimum Gasteiger partial charge on any atom is -0.470 e. The number of nitrogens with two attached hydrogens (primary N) is 2. The van der Waals surface area contributed by atoms with Gasteiger partial charge in [-0.3, -0.25) is 4.79 Å². The first-order valence-corrected chi connectivity index (χ1v) is 8.14. The van der Waals surface area contributed by atoms with Gasteiger partial charge in [0.2, 0.25) is 0 Å². The van der Waals surface area contributed by atoms with Crippen molar-refractivity contribution in [1.82, 2.24) is 9.88 Å². The zero-order valence-corrected chi connectivity index (χ0v) is 15.2. The minimum atomic E-state index is -4.49. The van der Waals surface area contributed by atoms with Crippen LogP contribution in [0.3, 0.4) is 0 Å². The van der Waals surface area contributed by atoms with Crippen LogP contribution in [0.15, 0.2) is 35.5 Å².